The Labute approximate surface area is 197 Å². The summed E-state index contributed by atoms with van der Waals surface area (Å²) in [6, 6.07) is 22.7. The van der Waals surface area contributed by atoms with Gasteiger partial charge in [0.2, 0.25) is 0 Å². The zero-order valence-corrected chi connectivity index (χ0v) is 18.8. The topological polar surface area (TPSA) is 111 Å². The quantitative estimate of drug-likeness (QED) is 0.374. The first-order valence-electron chi connectivity index (χ1n) is 9.94. The van der Waals surface area contributed by atoms with E-state index in [0.717, 1.165) is 10.0 Å². The number of rotatable bonds is 6. The number of halogens is 1. The van der Waals surface area contributed by atoms with E-state index in [1.54, 1.807) is 42.5 Å². The van der Waals surface area contributed by atoms with Crippen LogP contribution in [0.5, 0.6) is 0 Å². The number of para-hydroxylation sites is 2. The lowest BCUT2D eigenvalue weighted by Crippen LogP contribution is -2.23. The Kier molecular flexibility index (Phi) is 6.46. The van der Waals surface area contributed by atoms with Crippen LogP contribution in [0.1, 0.15) is 20.7 Å². The Morgan fingerprint density at radius 2 is 1.67 bits per heavy atom. The molecule has 0 aliphatic heterocycles. The van der Waals surface area contributed by atoms with E-state index >= 15 is 0 Å². The van der Waals surface area contributed by atoms with Gasteiger partial charge >= 0.3 is 5.97 Å². The molecule has 0 aliphatic carbocycles. The van der Waals surface area contributed by atoms with Gasteiger partial charge in [-0.05, 0) is 36.4 Å². The number of primary amides is 1. The maximum absolute atomic E-state index is 12.9. The minimum absolute atomic E-state index is 0.163. The van der Waals surface area contributed by atoms with Crippen molar-refractivity contribution in [2.24, 2.45) is 5.73 Å². The summed E-state index contributed by atoms with van der Waals surface area (Å²) in [5.41, 5.74) is 8.08. The molecule has 1 aromatic heterocycles. The van der Waals surface area contributed by atoms with Crippen LogP contribution in [0, 0.1) is 0 Å². The predicted octanol–water partition coefficient (Wildman–Crippen LogP) is 4.56. The summed E-state index contributed by atoms with van der Waals surface area (Å²) in [5, 5.41) is 3.16. The fourth-order valence-corrected chi connectivity index (χ4v) is 3.74. The van der Waals surface area contributed by atoms with Gasteiger partial charge in [0.25, 0.3) is 11.8 Å². The molecule has 0 radical (unpaired) electrons. The Hall–Kier alpha value is -4.04. The number of nitrogens with two attached hydrogens (primary N) is 1. The maximum Gasteiger partial charge on any atom is 0.339 e. The summed E-state index contributed by atoms with van der Waals surface area (Å²) in [7, 11) is 0. The lowest BCUT2D eigenvalue weighted by Gasteiger charge is -2.11. The SMILES string of the molecule is NC(=O)c1ccccc1NC(=O)COC(=O)c1cc(-c2cccc(Br)c2)nc2ccccc12. The van der Waals surface area contributed by atoms with Gasteiger partial charge < -0.3 is 15.8 Å². The lowest BCUT2D eigenvalue weighted by atomic mass is 10.0. The van der Waals surface area contributed by atoms with Crippen molar-refractivity contribution in [1.82, 2.24) is 4.98 Å². The zero-order chi connectivity index (χ0) is 23.4. The van der Waals surface area contributed by atoms with E-state index in [2.05, 4.69) is 26.2 Å². The summed E-state index contributed by atoms with van der Waals surface area (Å²) in [6.45, 7) is -0.533. The Balaban J connectivity index is 1.57. The van der Waals surface area contributed by atoms with Crippen LogP contribution in [0.3, 0.4) is 0 Å². The largest absolute Gasteiger partial charge is 0.452 e. The summed E-state index contributed by atoms with van der Waals surface area (Å²) >= 11 is 3.45. The highest BCUT2D eigenvalue weighted by Gasteiger charge is 2.17. The Morgan fingerprint density at radius 1 is 0.909 bits per heavy atom. The second kappa shape index (κ2) is 9.62. The number of esters is 1. The molecule has 33 heavy (non-hydrogen) atoms. The summed E-state index contributed by atoms with van der Waals surface area (Å²) < 4.78 is 6.16. The maximum atomic E-state index is 12.9. The standard InChI is InChI=1S/C25H18BrN3O4/c26-16-7-5-6-15(12-16)22-13-19(17-8-1-3-10-20(17)28-22)25(32)33-14-23(30)29-21-11-4-2-9-18(21)24(27)31/h1-13H,14H2,(H2,27,31)(H,29,30). The van der Waals surface area contributed by atoms with Crippen LogP contribution in [-0.4, -0.2) is 29.4 Å². The van der Waals surface area contributed by atoms with Crippen LogP contribution < -0.4 is 11.1 Å². The molecule has 0 aliphatic rings. The van der Waals surface area contributed by atoms with Crippen molar-refractivity contribution in [3.8, 4) is 11.3 Å². The average molecular weight is 504 g/mol. The van der Waals surface area contributed by atoms with E-state index in [1.807, 2.05) is 30.3 Å². The molecular weight excluding hydrogens is 486 g/mol. The molecule has 1 heterocycles. The van der Waals surface area contributed by atoms with Gasteiger partial charge in [-0.3, -0.25) is 9.59 Å². The van der Waals surface area contributed by atoms with E-state index in [9.17, 15) is 14.4 Å². The second-order valence-corrected chi connectivity index (χ2v) is 8.03. The van der Waals surface area contributed by atoms with E-state index in [1.165, 1.54) is 6.07 Å². The highest BCUT2D eigenvalue weighted by atomic mass is 79.9. The number of ether oxygens (including phenoxy) is 1. The van der Waals surface area contributed by atoms with Crippen LogP contribution in [0.15, 0.2) is 83.3 Å². The molecule has 0 atom stereocenters. The number of hydrogen-bond acceptors (Lipinski definition) is 5. The van der Waals surface area contributed by atoms with E-state index in [0.29, 0.717) is 22.2 Å². The number of carbonyl (C=O) groups is 3. The third kappa shape index (κ3) is 5.07. The Morgan fingerprint density at radius 3 is 2.45 bits per heavy atom. The number of aromatic nitrogens is 1. The molecule has 164 valence electrons. The third-order valence-corrected chi connectivity index (χ3v) is 5.35. The van der Waals surface area contributed by atoms with E-state index < -0.39 is 24.4 Å². The van der Waals surface area contributed by atoms with Crippen molar-refractivity contribution in [3.05, 3.63) is 94.5 Å². The number of benzene rings is 3. The van der Waals surface area contributed by atoms with Crippen LogP contribution >= 0.6 is 15.9 Å². The van der Waals surface area contributed by atoms with Crippen LogP contribution in [0.2, 0.25) is 0 Å². The number of carbonyl (C=O) groups excluding carboxylic acids is 3. The number of amides is 2. The lowest BCUT2D eigenvalue weighted by molar-refractivity contribution is -0.119. The van der Waals surface area contributed by atoms with Gasteiger partial charge in [0.1, 0.15) is 0 Å². The first-order valence-corrected chi connectivity index (χ1v) is 10.7. The molecular formula is C25H18BrN3O4. The highest BCUT2D eigenvalue weighted by Crippen LogP contribution is 2.27. The molecule has 0 saturated carbocycles. The molecule has 0 saturated heterocycles. The van der Waals surface area contributed by atoms with Crippen LogP contribution in [0.4, 0.5) is 5.69 Å². The normalized spacial score (nSPS) is 10.6. The first kappa shape index (κ1) is 22.2. The molecule has 0 fully saturated rings. The highest BCUT2D eigenvalue weighted by molar-refractivity contribution is 9.10. The molecule has 3 N–H and O–H groups in total. The number of nitrogens with zero attached hydrogens (tertiary/aromatic N) is 1. The van der Waals surface area contributed by atoms with Crippen molar-refractivity contribution < 1.29 is 19.1 Å². The van der Waals surface area contributed by atoms with Gasteiger partial charge in [0, 0.05) is 15.4 Å². The van der Waals surface area contributed by atoms with Crippen molar-refractivity contribution in [3.63, 3.8) is 0 Å². The molecule has 0 spiro atoms. The molecule has 0 unspecified atom stereocenters. The minimum Gasteiger partial charge on any atom is -0.452 e. The van der Waals surface area contributed by atoms with E-state index in [4.69, 9.17) is 10.5 Å². The van der Waals surface area contributed by atoms with E-state index in [-0.39, 0.29) is 11.3 Å². The van der Waals surface area contributed by atoms with Crippen molar-refractivity contribution in [2.75, 3.05) is 11.9 Å². The van der Waals surface area contributed by atoms with Gasteiger partial charge in [-0.1, -0.05) is 58.4 Å². The summed E-state index contributed by atoms with van der Waals surface area (Å²) in [6.07, 6.45) is 0. The predicted molar refractivity (Wildman–Crippen MR) is 129 cm³/mol. The van der Waals surface area contributed by atoms with Crippen molar-refractivity contribution in [2.45, 2.75) is 0 Å². The molecule has 7 nitrogen and oxygen atoms in total. The smallest absolute Gasteiger partial charge is 0.339 e. The monoisotopic (exact) mass is 503 g/mol. The minimum atomic E-state index is -0.675. The van der Waals surface area contributed by atoms with Crippen LogP contribution in [-0.2, 0) is 9.53 Å². The van der Waals surface area contributed by atoms with Gasteiger partial charge in [-0.2, -0.15) is 0 Å². The average Bonchev–Trinajstić information content (AvgIpc) is 2.82. The van der Waals surface area contributed by atoms with Gasteiger partial charge in [-0.15, -0.1) is 0 Å². The fourth-order valence-electron chi connectivity index (χ4n) is 3.34. The summed E-state index contributed by atoms with van der Waals surface area (Å²) in [4.78, 5) is 41.5. The summed E-state index contributed by atoms with van der Waals surface area (Å²) in [5.74, 6) is -1.93. The number of pyridine rings is 1. The number of nitrogens with one attached hydrogen (secondary N) is 1. The molecule has 4 aromatic rings. The van der Waals surface area contributed by atoms with Crippen LogP contribution in [0.25, 0.3) is 22.2 Å². The molecule has 0 bridgehead atoms. The third-order valence-electron chi connectivity index (χ3n) is 4.86. The molecule has 3 aromatic carbocycles. The van der Waals surface area contributed by atoms with Gasteiger partial charge in [-0.25, -0.2) is 9.78 Å². The first-order chi connectivity index (χ1) is 15.9. The number of fused-ring (bicyclic) bond motifs is 1. The Bertz CT molecular complexity index is 1390. The zero-order valence-electron chi connectivity index (χ0n) is 17.2. The molecule has 2 amide bonds. The van der Waals surface area contributed by atoms with Gasteiger partial charge in [0.05, 0.1) is 28.0 Å². The van der Waals surface area contributed by atoms with Crippen molar-refractivity contribution >= 4 is 50.3 Å². The molecule has 8 heteroatoms. The second-order valence-electron chi connectivity index (χ2n) is 7.12. The van der Waals surface area contributed by atoms with Gasteiger partial charge in [0.15, 0.2) is 6.61 Å². The molecule has 4 rings (SSSR count). The number of anilines is 1. The fraction of sp³-hybridized carbons (Fsp3) is 0.0400. The number of hydrogen-bond donors (Lipinski definition) is 2. The van der Waals surface area contributed by atoms with Crippen molar-refractivity contribution in [1.29, 1.82) is 0 Å².